The zero-order chi connectivity index (χ0) is 23.9. The Kier molecular flexibility index (Phi) is 6.70. The minimum Gasteiger partial charge on any atom is -0.467 e. The molecule has 0 aliphatic heterocycles. The van der Waals surface area contributed by atoms with Crippen LogP contribution in [0.4, 0.5) is 5.69 Å². The third-order valence-electron chi connectivity index (χ3n) is 5.15. The largest absolute Gasteiger partial charge is 0.467 e. The lowest BCUT2D eigenvalue weighted by atomic mass is 9.94. The van der Waals surface area contributed by atoms with E-state index in [0.717, 1.165) is 0 Å². The standard InChI is InChI=1S/C25H20N6O3/c1-26-16-11-18(20-7-3-5-9-28-20)23(19(12-16)21-8-4-6-10-29-21)24(32)31-22(25(33)34-2)13-17-14-27-15-30-17/h1,3-12,14-15,22H,13H2,2H3,(H-,27,30,31,32)/p+1/t22-/m1/s1. The number of pyridine rings is 2. The van der Waals surface area contributed by atoms with E-state index in [9.17, 15) is 9.59 Å². The van der Waals surface area contributed by atoms with Crippen LogP contribution < -0.4 is 5.32 Å². The summed E-state index contributed by atoms with van der Waals surface area (Å²) in [5.41, 5.74) is 3.47. The van der Waals surface area contributed by atoms with Crippen molar-refractivity contribution in [3.05, 3.63) is 89.6 Å². The number of hydrogen-bond donors (Lipinski definition) is 2. The monoisotopic (exact) mass is 453 g/mol. The maximum atomic E-state index is 13.7. The van der Waals surface area contributed by atoms with Gasteiger partial charge in [0.1, 0.15) is 6.04 Å². The number of methoxy groups -OCH3 is 1. The molecule has 0 spiro atoms. The summed E-state index contributed by atoms with van der Waals surface area (Å²) >= 11 is 0. The van der Waals surface area contributed by atoms with Crippen molar-refractivity contribution in [2.75, 3.05) is 7.11 Å². The van der Waals surface area contributed by atoms with Gasteiger partial charge in [-0.15, -0.1) is 0 Å². The van der Waals surface area contributed by atoms with Gasteiger partial charge in [-0.3, -0.25) is 14.8 Å². The lowest BCUT2D eigenvalue weighted by molar-refractivity contribution is -0.142. The summed E-state index contributed by atoms with van der Waals surface area (Å²) in [5.74, 6) is -1.09. The number of carbonyl (C=O) groups excluding carboxylic acids is 2. The Morgan fingerprint density at radius 3 is 2.21 bits per heavy atom. The number of carbonyl (C=O) groups is 2. The summed E-state index contributed by atoms with van der Waals surface area (Å²) in [4.78, 5) is 45.8. The van der Waals surface area contributed by atoms with Crippen molar-refractivity contribution in [1.82, 2.24) is 25.3 Å². The van der Waals surface area contributed by atoms with Gasteiger partial charge < -0.3 is 15.0 Å². The minimum absolute atomic E-state index is 0.173. The van der Waals surface area contributed by atoms with E-state index >= 15 is 0 Å². The molecule has 9 heteroatoms. The summed E-state index contributed by atoms with van der Waals surface area (Å²) in [6.07, 6.45) is 6.50. The van der Waals surface area contributed by atoms with Crippen LogP contribution in [0.1, 0.15) is 16.1 Å². The van der Waals surface area contributed by atoms with Gasteiger partial charge in [0.15, 0.2) is 0 Å². The maximum absolute atomic E-state index is 13.7. The van der Waals surface area contributed by atoms with Crippen molar-refractivity contribution in [2.24, 2.45) is 0 Å². The van der Waals surface area contributed by atoms with E-state index in [4.69, 9.17) is 11.3 Å². The predicted octanol–water partition coefficient (Wildman–Crippen LogP) is 3.64. The highest BCUT2D eigenvalue weighted by Crippen LogP contribution is 2.35. The molecule has 4 rings (SSSR count). The molecule has 0 bridgehead atoms. The first-order valence-electron chi connectivity index (χ1n) is 10.4. The number of hydrogen-bond acceptors (Lipinski definition) is 6. The average molecular weight is 453 g/mol. The number of nitrogens with one attached hydrogen (secondary N) is 2. The lowest BCUT2D eigenvalue weighted by Gasteiger charge is -2.19. The second-order valence-corrected chi connectivity index (χ2v) is 7.31. The van der Waals surface area contributed by atoms with E-state index in [1.165, 1.54) is 13.4 Å². The quantitative estimate of drug-likeness (QED) is 0.413. The number of benzene rings is 1. The van der Waals surface area contributed by atoms with E-state index in [1.807, 2.05) is 12.1 Å². The number of aromatic amines is 1. The van der Waals surface area contributed by atoms with E-state index < -0.39 is 17.9 Å². The van der Waals surface area contributed by atoms with Crippen molar-refractivity contribution < 1.29 is 14.3 Å². The summed E-state index contributed by atoms with van der Waals surface area (Å²) in [7, 11) is 1.27. The average Bonchev–Trinajstić information content (AvgIpc) is 3.41. The smallest absolute Gasteiger partial charge is 0.341 e. The summed E-state index contributed by atoms with van der Waals surface area (Å²) < 4.78 is 4.92. The van der Waals surface area contributed by atoms with Crippen LogP contribution in [0.15, 0.2) is 73.4 Å². The van der Waals surface area contributed by atoms with Gasteiger partial charge in [0.2, 0.25) is 0 Å². The molecule has 2 N–H and O–H groups in total. The molecule has 0 saturated heterocycles. The summed E-state index contributed by atoms with van der Waals surface area (Å²) in [6.45, 7) is 5.60. The molecule has 0 aliphatic carbocycles. The normalized spacial score (nSPS) is 11.3. The number of amides is 1. The van der Waals surface area contributed by atoms with Crippen molar-refractivity contribution in [2.45, 2.75) is 12.5 Å². The molecule has 0 radical (unpaired) electrons. The maximum Gasteiger partial charge on any atom is 0.341 e. The summed E-state index contributed by atoms with van der Waals surface area (Å²) in [5, 5.41) is 2.80. The van der Waals surface area contributed by atoms with Crippen LogP contribution in [0, 0.1) is 6.57 Å². The lowest BCUT2D eigenvalue weighted by Crippen LogP contribution is -2.43. The van der Waals surface area contributed by atoms with Crippen LogP contribution in [-0.4, -0.2) is 45.0 Å². The van der Waals surface area contributed by atoms with E-state index in [0.29, 0.717) is 33.9 Å². The summed E-state index contributed by atoms with van der Waals surface area (Å²) in [6, 6.07) is 13.1. The molecule has 4 aromatic rings. The fourth-order valence-electron chi connectivity index (χ4n) is 3.58. The number of esters is 1. The fourth-order valence-corrected chi connectivity index (χ4v) is 3.58. The van der Waals surface area contributed by atoms with Gasteiger partial charge in [0.25, 0.3) is 12.5 Å². The van der Waals surface area contributed by atoms with E-state index in [-0.39, 0.29) is 12.0 Å². The Hall–Kier alpha value is -4.84. The van der Waals surface area contributed by atoms with Gasteiger partial charge >= 0.3 is 11.7 Å². The molecule has 9 nitrogen and oxygen atoms in total. The third kappa shape index (κ3) is 4.81. The molecule has 0 aliphatic rings. The van der Waals surface area contributed by atoms with Crippen molar-refractivity contribution >= 4 is 17.6 Å². The molecule has 0 saturated carbocycles. The van der Waals surface area contributed by atoms with Gasteiger partial charge in [0.05, 0.1) is 30.4 Å². The molecule has 168 valence electrons. The van der Waals surface area contributed by atoms with Crippen LogP contribution in [0.3, 0.4) is 0 Å². The number of nitrogens with zero attached hydrogens (tertiary/aromatic N) is 4. The minimum atomic E-state index is -0.954. The Bertz CT molecular complexity index is 1270. The highest BCUT2D eigenvalue weighted by Gasteiger charge is 2.28. The van der Waals surface area contributed by atoms with Gasteiger partial charge in [-0.1, -0.05) is 12.1 Å². The first-order chi connectivity index (χ1) is 16.6. The Balaban J connectivity index is 1.85. The first-order valence-corrected chi connectivity index (χ1v) is 10.4. The van der Waals surface area contributed by atoms with Crippen LogP contribution in [0.5, 0.6) is 0 Å². The molecule has 1 amide bonds. The molecule has 34 heavy (non-hydrogen) atoms. The van der Waals surface area contributed by atoms with Crippen LogP contribution in [0.2, 0.25) is 0 Å². The third-order valence-corrected chi connectivity index (χ3v) is 5.15. The molecule has 1 aromatic carbocycles. The predicted molar refractivity (Wildman–Crippen MR) is 126 cm³/mol. The zero-order valence-electron chi connectivity index (χ0n) is 18.3. The van der Waals surface area contributed by atoms with E-state index in [1.54, 1.807) is 55.0 Å². The highest BCUT2D eigenvalue weighted by atomic mass is 16.5. The Morgan fingerprint density at radius 2 is 1.74 bits per heavy atom. The van der Waals surface area contributed by atoms with Crippen LogP contribution in [-0.2, 0) is 16.0 Å². The number of ether oxygens (including phenoxy) is 1. The van der Waals surface area contributed by atoms with Gasteiger partial charge in [-0.25, -0.2) is 9.78 Å². The van der Waals surface area contributed by atoms with Crippen molar-refractivity contribution in [3.8, 4) is 29.1 Å². The van der Waals surface area contributed by atoms with Crippen LogP contribution >= 0.6 is 0 Å². The second-order valence-electron chi connectivity index (χ2n) is 7.31. The van der Waals surface area contributed by atoms with Gasteiger partial charge in [0, 0.05) is 54.0 Å². The van der Waals surface area contributed by atoms with Crippen molar-refractivity contribution in [3.63, 3.8) is 0 Å². The molecule has 0 fully saturated rings. The molecule has 1 atom stereocenters. The number of rotatable bonds is 7. The Labute approximate surface area is 195 Å². The number of imidazole rings is 1. The SMILES string of the molecule is C#[N+]c1cc(-c2ccccn2)c(C(=O)N[C@H](Cc2cnc[nH]2)C(=O)OC)c(-c2ccccn2)c1. The molecule has 3 heterocycles. The zero-order valence-corrected chi connectivity index (χ0v) is 18.3. The second kappa shape index (κ2) is 10.2. The van der Waals surface area contributed by atoms with Gasteiger partial charge in [-0.05, 0) is 29.1 Å². The van der Waals surface area contributed by atoms with Gasteiger partial charge in [-0.2, -0.15) is 0 Å². The Morgan fingerprint density at radius 1 is 1.09 bits per heavy atom. The first kappa shape index (κ1) is 22.4. The van der Waals surface area contributed by atoms with Crippen LogP contribution in [0.25, 0.3) is 27.4 Å². The number of aromatic nitrogens is 4. The molecular weight excluding hydrogens is 432 g/mol. The van der Waals surface area contributed by atoms with E-state index in [2.05, 4.69) is 30.1 Å². The highest BCUT2D eigenvalue weighted by molar-refractivity contribution is 6.08. The molecule has 0 unspecified atom stereocenters. The number of H-pyrrole nitrogens is 1. The topological polar surface area (TPSA) is 114 Å². The fraction of sp³-hybridized carbons (Fsp3) is 0.120. The van der Waals surface area contributed by atoms with Crippen molar-refractivity contribution in [1.29, 1.82) is 0 Å². The molecular formula is C25H21N6O3+. The molecule has 3 aromatic heterocycles.